The monoisotopic (exact) mass is 220 g/mol. The van der Waals surface area contributed by atoms with E-state index < -0.39 is 0 Å². The highest BCUT2D eigenvalue weighted by molar-refractivity contribution is 7.80. The Labute approximate surface area is 93.3 Å². The summed E-state index contributed by atoms with van der Waals surface area (Å²) in [4.78, 5) is 0.439. The van der Waals surface area contributed by atoms with Crippen molar-refractivity contribution in [2.75, 3.05) is 0 Å². The van der Waals surface area contributed by atoms with Crippen LogP contribution in [-0.2, 0) is 6.42 Å². The van der Waals surface area contributed by atoms with E-state index in [1.807, 2.05) is 18.2 Å². The fraction of sp³-hybridized carbons (Fsp3) is 0.200. The molecule has 0 amide bonds. The molecule has 4 nitrogen and oxygen atoms in total. The summed E-state index contributed by atoms with van der Waals surface area (Å²) in [7, 11) is 0. The average Bonchev–Trinajstić information content (AvgIpc) is 2.62. The molecule has 1 aromatic rings. The summed E-state index contributed by atoms with van der Waals surface area (Å²) in [6, 6.07) is 5.89. The van der Waals surface area contributed by atoms with Crippen LogP contribution in [-0.4, -0.2) is 10.7 Å². The van der Waals surface area contributed by atoms with Crippen LogP contribution in [0.2, 0.25) is 0 Å². The molecule has 0 aromatic heterocycles. The second-order valence-corrected chi connectivity index (χ2v) is 3.82. The van der Waals surface area contributed by atoms with Crippen molar-refractivity contribution in [3.63, 3.8) is 0 Å². The van der Waals surface area contributed by atoms with Gasteiger partial charge >= 0.3 is 0 Å². The van der Waals surface area contributed by atoms with Crippen molar-refractivity contribution < 1.29 is 0 Å². The normalized spacial score (nSPS) is 16.5. The Bertz CT molecular complexity index is 439. The van der Waals surface area contributed by atoms with Gasteiger partial charge in [0.2, 0.25) is 0 Å². The van der Waals surface area contributed by atoms with Crippen LogP contribution in [0.5, 0.6) is 0 Å². The number of nitrogens with two attached hydrogens (primary N) is 2. The minimum absolute atomic E-state index is 0.439. The first-order valence-corrected chi connectivity index (χ1v) is 5.09. The second-order valence-electron chi connectivity index (χ2n) is 3.38. The van der Waals surface area contributed by atoms with Gasteiger partial charge in [0.1, 0.15) is 4.99 Å². The van der Waals surface area contributed by atoms with Crippen molar-refractivity contribution >= 4 is 22.9 Å². The van der Waals surface area contributed by atoms with Crippen molar-refractivity contribution in [2.24, 2.45) is 16.7 Å². The molecule has 0 radical (unpaired) electrons. The van der Waals surface area contributed by atoms with Crippen molar-refractivity contribution in [1.82, 2.24) is 5.53 Å². The predicted molar refractivity (Wildman–Crippen MR) is 64.5 cm³/mol. The molecule has 5 heteroatoms. The number of hydrazine groups is 1. The molecule has 78 valence electrons. The number of benzene rings is 1. The minimum atomic E-state index is 0.439. The molecule has 0 atom stereocenters. The third kappa shape index (κ3) is 1.71. The summed E-state index contributed by atoms with van der Waals surface area (Å²) >= 11 is 5.00. The first-order valence-electron chi connectivity index (χ1n) is 4.68. The molecule has 1 aromatic carbocycles. The maximum absolute atomic E-state index is 5.66. The lowest BCUT2D eigenvalue weighted by atomic mass is 10.0. The molecule has 0 spiro atoms. The highest BCUT2D eigenvalue weighted by atomic mass is 32.1. The maximum atomic E-state index is 5.66. The van der Waals surface area contributed by atoms with E-state index in [0.29, 0.717) is 4.99 Å². The summed E-state index contributed by atoms with van der Waals surface area (Å²) in [5, 5.41) is 4.03. The second kappa shape index (κ2) is 3.96. The van der Waals surface area contributed by atoms with Gasteiger partial charge in [-0.3, -0.25) is 0 Å². The Hall–Kier alpha value is -1.46. The van der Waals surface area contributed by atoms with E-state index in [9.17, 15) is 0 Å². The number of fused-ring (bicyclic) bond motifs is 1. The summed E-state index contributed by atoms with van der Waals surface area (Å²) in [6.45, 7) is 0. The maximum Gasteiger partial charge on any atom is 0.104 e. The molecule has 0 saturated carbocycles. The van der Waals surface area contributed by atoms with E-state index >= 15 is 0 Å². The molecule has 5 N–H and O–H groups in total. The van der Waals surface area contributed by atoms with Crippen molar-refractivity contribution in [2.45, 2.75) is 12.8 Å². The summed E-state index contributed by atoms with van der Waals surface area (Å²) in [5.74, 6) is 5.18. The zero-order valence-corrected chi connectivity index (χ0v) is 8.97. The lowest BCUT2D eigenvalue weighted by molar-refractivity contribution is 0.801. The van der Waals surface area contributed by atoms with Crippen LogP contribution in [0.3, 0.4) is 0 Å². The van der Waals surface area contributed by atoms with Crippen LogP contribution in [0.1, 0.15) is 23.1 Å². The zero-order chi connectivity index (χ0) is 10.8. The number of hydrogen-bond donors (Lipinski definition) is 3. The van der Waals surface area contributed by atoms with E-state index in [0.717, 1.165) is 29.7 Å². The highest BCUT2D eigenvalue weighted by Crippen LogP contribution is 2.25. The van der Waals surface area contributed by atoms with Crippen molar-refractivity contribution in [3.8, 4) is 0 Å². The molecular formula is C10H12N4S. The van der Waals surface area contributed by atoms with E-state index in [2.05, 4.69) is 10.6 Å². The smallest absolute Gasteiger partial charge is 0.104 e. The fourth-order valence-electron chi connectivity index (χ4n) is 1.93. The molecule has 0 bridgehead atoms. The van der Waals surface area contributed by atoms with Gasteiger partial charge in [0.15, 0.2) is 0 Å². The van der Waals surface area contributed by atoms with Crippen LogP contribution in [0.4, 0.5) is 0 Å². The van der Waals surface area contributed by atoms with Gasteiger partial charge in [-0.05, 0) is 18.4 Å². The molecule has 0 unspecified atom stereocenters. The Balaban J connectivity index is 2.53. The van der Waals surface area contributed by atoms with Crippen molar-refractivity contribution in [3.05, 3.63) is 34.9 Å². The van der Waals surface area contributed by atoms with Gasteiger partial charge in [0.05, 0.1) is 5.71 Å². The van der Waals surface area contributed by atoms with Gasteiger partial charge in [-0.1, -0.05) is 30.4 Å². The Morgan fingerprint density at radius 3 is 2.87 bits per heavy atom. The molecule has 2 rings (SSSR count). The Morgan fingerprint density at radius 2 is 2.20 bits per heavy atom. The first kappa shape index (κ1) is 10.1. The Kier molecular flexibility index (Phi) is 2.66. The summed E-state index contributed by atoms with van der Waals surface area (Å²) < 4.78 is 0. The van der Waals surface area contributed by atoms with E-state index in [4.69, 9.17) is 23.8 Å². The fourth-order valence-corrected chi connectivity index (χ4v) is 2.12. The predicted octanol–water partition coefficient (Wildman–Crippen LogP) is 0.434. The van der Waals surface area contributed by atoms with Gasteiger partial charge in [-0.15, -0.1) is 0 Å². The Morgan fingerprint density at radius 1 is 1.40 bits per heavy atom. The molecule has 0 aliphatic heterocycles. The van der Waals surface area contributed by atoms with Crippen LogP contribution < -0.4 is 17.1 Å². The topological polar surface area (TPSA) is 76.4 Å². The number of hydrazone groups is 1. The SMILES string of the molecule is NNN=C1CCc2c(C(N)=S)cccc21. The van der Waals surface area contributed by atoms with Gasteiger partial charge in [0, 0.05) is 11.1 Å². The van der Waals surface area contributed by atoms with E-state index in [-0.39, 0.29) is 0 Å². The lowest BCUT2D eigenvalue weighted by Crippen LogP contribution is -2.17. The molecule has 15 heavy (non-hydrogen) atoms. The van der Waals surface area contributed by atoms with Gasteiger partial charge in [0.25, 0.3) is 0 Å². The van der Waals surface area contributed by atoms with Crippen molar-refractivity contribution in [1.29, 1.82) is 0 Å². The molecule has 0 fully saturated rings. The number of nitrogens with zero attached hydrogens (tertiary/aromatic N) is 1. The number of hydrogen-bond acceptors (Lipinski definition) is 4. The highest BCUT2D eigenvalue weighted by Gasteiger charge is 2.21. The third-order valence-corrected chi connectivity index (χ3v) is 2.78. The summed E-state index contributed by atoms with van der Waals surface area (Å²) in [5.41, 5.74) is 12.2. The molecule has 1 aliphatic carbocycles. The standard InChI is InChI=1S/C10H12N4S/c11-10(15)8-3-1-2-7-6(8)4-5-9(7)13-14-12/h1-3,14H,4-5,12H2,(H2,11,15). The van der Waals surface area contributed by atoms with E-state index in [1.165, 1.54) is 5.56 Å². The lowest BCUT2D eigenvalue weighted by Gasteiger charge is -2.05. The van der Waals surface area contributed by atoms with Gasteiger partial charge in [-0.25, -0.2) is 11.4 Å². The van der Waals surface area contributed by atoms with Gasteiger partial charge in [-0.2, -0.15) is 5.10 Å². The molecule has 0 saturated heterocycles. The minimum Gasteiger partial charge on any atom is -0.389 e. The number of thiocarbonyl (C=S) groups is 1. The summed E-state index contributed by atoms with van der Waals surface area (Å²) in [6.07, 6.45) is 1.79. The van der Waals surface area contributed by atoms with E-state index in [1.54, 1.807) is 0 Å². The molecule has 0 heterocycles. The largest absolute Gasteiger partial charge is 0.389 e. The van der Waals surface area contributed by atoms with Crippen LogP contribution in [0, 0.1) is 0 Å². The van der Waals surface area contributed by atoms with Crippen LogP contribution >= 0.6 is 12.2 Å². The number of nitrogens with one attached hydrogen (secondary N) is 1. The van der Waals surface area contributed by atoms with Crippen LogP contribution in [0.15, 0.2) is 23.3 Å². The average molecular weight is 220 g/mol. The zero-order valence-electron chi connectivity index (χ0n) is 8.16. The first-order chi connectivity index (χ1) is 7.24. The van der Waals surface area contributed by atoms with Gasteiger partial charge < -0.3 is 5.73 Å². The molecule has 1 aliphatic rings. The molecular weight excluding hydrogens is 208 g/mol. The quantitative estimate of drug-likeness (QED) is 0.384. The third-order valence-electron chi connectivity index (χ3n) is 2.56. The number of rotatable bonds is 2. The van der Waals surface area contributed by atoms with Crippen LogP contribution in [0.25, 0.3) is 0 Å².